The average Bonchev–Trinajstić information content (AvgIpc) is 3.50. The Bertz CT molecular complexity index is 797. The molecule has 3 rings (SSSR count). The Kier molecular flexibility index (Phi) is 9.53. The molecule has 0 saturated carbocycles. The van der Waals surface area contributed by atoms with E-state index in [2.05, 4.69) is 20.1 Å². The summed E-state index contributed by atoms with van der Waals surface area (Å²) in [6.45, 7) is 12.4. The summed E-state index contributed by atoms with van der Waals surface area (Å²) in [5.74, 6) is -2.40. The van der Waals surface area contributed by atoms with Crippen LogP contribution in [0.5, 0.6) is 0 Å². The number of unbranched alkanes of at least 4 members (excludes halogenated alkanes) is 3. The lowest BCUT2D eigenvalue weighted by atomic mass is 9.70. The van der Waals surface area contributed by atoms with Crippen molar-refractivity contribution in [2.24, 2.45) is 11.8 Å². The molecule has 0 aromatic heterocycles. The van der Waals surface area contributed by atoms with E-state index in [1.807, 2.05) is 13.0 Å². The molecular formula is C27H42N2O6. The summed E-state index contributed by atoms with van der Waals surface area (Å²) >= 11 is 0. The number of amides is 2. The molecule has 2 unspecified atom stereocenters. The van der Waals surface area contributed by atoms with E-state index in [1.165, 1.54) is 4.90 Å². The molecule has 1 spiro atoms. The van der Waals surface area contributed by atoms with Gasteiger partial charge in [0.15, 0.2) is 0 Å². The number of carbonyl (C=O) groups is 3. The van der Waals surface area contributed by atoms with Crippen molar-refractivity contribution in [2.75, 3.05) is 26.3 Å². The SMILES string of the molecule is C=CCCCCOC(=O)[C@@H]1[C@@H]2CCC3(O2)C(C(=O)N(CC=C)CCCC)N([C@@H](CC)CO)C(=O)[C@H]13. The second kappa shape index (κ2) is 12.2. The highest BCUT2D eigenvalue weighted by Gasteiger charge is 2.75. The van der Waals surface area contributed by atoms with Gasteiger partial charge in [0.05, 0.1) is 37.2 Å². The number of nitrogens with zero attached hydrogens (tertiary/aromatic N) is 2. The molecular weight excluding hydrogens is 448 g/mol. The van der Waals surface area contributed by atoms with Gasteiger partial charge in [-0.3, -0.25) is 14.4 Å². The first-order valence-corrected chi connectivity index (χ1v) is 13.2. The van der Waals surface area contributed by atoms with Crippen LogP contribution in [-0.2, 0) is 23.9 Å². The highest BCUT2D eigenvalue weighted by Crippen LogP contribution is 2.59. The Morgan fingerprint density at radius 3 is 2.69 bits per heavy atom. The molecule has 1 N–H and O–H groups in total. The van der Waals surface area contributed by atoms with Gasteiger partial charge in [-0.1, -0.05) is 32.4 Å². The standard InChI is InChI=1S/C27H42N2O6/c1-5-9-11-12-17-34-26(33)21-20-13-14-27(35-20)22(21)24(31)29(19(8-4)18-30)23(27)25(32)28(15-7-3)16-10-6-2/h5,7,19-23,30H,1,3,6,8-18H2,2,4H3/t19-,20-,21+,22-,23?,27?/m0/s1. The van der Waals surface area contributed by atoms with Crippen LogP contribution in [0.3, 0.4) is 0 Å². The van der Waals surface area contributed by atoms with Gasteiger partial charge >= 0.3 is 5.97 Å². The zero-order chi connectivity index (χ0) is 25.6. The fourth-order valence-electron chi connectivity index (χ4n) is 6.07. The molecule has 2 bridgehead atoms. The number of hydrogen-bond acceptors (Lipinski definition) is 6. The van der Waals surface area contributed by atoms with E-state index in [0.29, 0.717) is 32.4 Å². The minimum absolute atomic E-state index is 0.194. The van der Waals surface area contributed by atoms with Crippen LogP contribution in [0.4, 0.5) is 0 Å². The topological polar surface area (TPSA) is 96.4 Å². The van der Waals surface area contributed by atoms with Gasteiger partial charge in [-0.2, -0.15) is 0 Å². The van der Waals surface area contributed by atoms with Crippen LogP contribution < -0.4 is 0 Å². The molecule has 0 aromatic carbocycles. The first-order chi connectivity index (χ1) is 16.9. The van der Waals surface area contributed by atoms with Crippen molar-refractivity contribution in [1.29, 1.82) is 0 Å². The summed E-state index contributed by atoms with van der Waals surface area (Å²) in [7, 11) is 0. The summed E-state index contributed by atoms with van der Waals surface area (Å²) in [5.41, 5.74) is -1.07. The van der Waals surface area contributed by atoms with Gasteiger partial charge in [0, 0.05) is 13.1 Å². The maximum absolute atomic E-state index is 14.0. The van der Waals surface area contributed by atoms with Crippen LogP contribution in [-0.4, -0.2) is 82.8 Å². The molecule has 2 amide bonds. The van der Waals surface area contributed by atoms with Crippen molar-refractivity contribution < 1.29 is 29.0 Å². The Morgan fingerprint density at radius 2 is 2.06 bits per heavy atom. The molecule has 8 nitrogen and oxygen atoms in total. The van der Waals surface area contributed by atoms with Gasteiger partial charge < -0.3 is 24.4 Å². The van der Waals surface area contributed by atoms with Crippen LogP contribution in [0.25, 0.3) is 0 Å². The first-order valence-electron chi connectivity index (χ1n) is 13.2. The number of allylic oxidation sites excluding steroid dienone is 1. The largest absolute Gasteiger partial charge is 0.465 e. The molecule has 8 heteroatoms. The van der Waals surface area contributed by atoms with Crippen molar-refractivity contribution in [3.8, 4) is 0 Å². The molecule has 0 radical (unpaired) electrons. The molecule has 35 heavy (non-hydrogen) atoms. The average molecular weight is 491 g/mol. The number of fused-ring (bicyclic) bond motifs is 1. The predicted octanol–water partition coefficient (Wildman–Crippen LogP) is 2.85. The number of likely N-dealkylation sites (tertiary alicyclic amines) is 1. The van der Waals surface area contributed by atoms with Gasteiger partial charge in [0.1, 0.15) is 11.6 Å². The van der Waals surface area contributed by atoms with Crippen LogP contribution in [0, 0.1) is 11.8 Å². The molecule has 6 atom stereocenters. The highest BCUT2D eigenvalue weighted by atomic mass is 16.6. The summed E-state index contributed by atoms with van der Waals surface area (Å²) in [5, 5.41) is 10.1. The summed E-state index contributed by atoms with van der Waals surface area (Å²) in [6.07, 6.45) is 8.93. The Balaban J connectivity index is 1.91. The molecule has 0 aliphatic carbocycles. The third-order valence-corrected chi connectivity index (χ3v) is 7.81. The van der Waals surface area contributed by atoms with Crippen LogP contribution in [0.2, 0.25) is 0 Å². The molecule has 3 fully saturated rings. The smallest absolute Gasteiger partial charge is 0.312 e. The molecule has 0 aromatic rings. The number of hydrogen-bond donors (Lipinski definition) is 1. The molecule has 3 aliphatic heterocycles. The van der Waals surface area contributed by atoms with Crippen molar-refractivity contribution in [3.63, 3.8) is 0 Å². The van der Waals surface area contributed by atoms with Crippen molar-refractivity contribution in [1.82, 2.24) is 9.80 Å². The fraction of sp³-hybridized carbons (Fsp3) is 0.741. The zero-order valence-corrected chi connectivity index (χ0v) is 21.3. The third-order valence-electron chi connectivity index (χ3n) is 7.81. The number of ether oxygens (including phenoxy) is 2. The van der Waals surface area contributed by atoms with Crippen LogP contribution in [0.1, 0.15) is 65.2 Å². The quantitative estimate of drug-likeness (QED) is 0.215. The number of aliphatic hydroxyl groups is 1. The normalized spacial score (nSPS) is 29.7. The minimum Gasteiger partial charge on any atom is -0.465 e. The molecule has 3 saturated heterocycles. The van der Waals surface area contributed by atoms with E-state index >= 15 is 0 Å². The first kappa shape index (κ1) is 27.4. The minimum atomic E-state index is -1.07. The number of carbonyl (C=O) groups excluding carboxylic acids is 3. The Morgan fingerprint density at radius 1 is 1.29 bits per heavy atom. The third kappa shape index (κ3) is 5.05. The summed E-state index contributed by atoms with van der Waals surface area (Å²) < 4.78 is 12.0. The lowest BCUT2D eigenvalue weighted by molar-refractivity contribution is -0.156. The van der Waals surface area contributed by atoms with E-state index in [0.717, 1.165) is 32.1 Å². The molecule has 196 valence electrons. The maximum atomic E-state index is 14.0. The molecule has 3 aliphatic rings. The fourth-order valence-corrected chi connectivity index (χ4v) is 6.07. The van der Waals surface area contributed by atoms with Gasteiger partial charge in [-0.05, 0) is 44.9 Å². The van der Waals surface area contributed by atoms with Crippen LogP contribution >= 0.6 is 0 Å². The number of esters is 1. The van der Waals surface area contributed by atoms with E-state index < -0.39 is 41.6 Å². The lowest BCUT2D eigenvalue weighted by Crippen LogP contribution is -2.58. The number of rotatable bonds is 15. The maximum Gasteiger partial charge on any atom is 0.312 e. The van der Waals surface area contributed by atoms with E-state index in [-0.39, 0.29) is 25.0 Å². The van der Waals surface area contributed by atoms with Crippen molar-refractivity contribution >= 4 is 17.8 Å². The zero-order valence-electron chi connectivity index (χ0n) is 21.3. The lowest BCUT2D eigenvalue weighted by Gasteiger charge is -2.39. The van der Waals surface area contributed by atoms with Gasteiger partial charge in [-0.25, -0.2) is 0 Å². The summed E-state index contributed by atoms with van der Waals surface area (Å²) in [6, 6.07) is -1.39. The monoisotopic (exact) mass is 490 g/mol. The Hall–Kier alpha value is -2.19. The van der Waals surface area contributed by atoms with Gasteiger partial charge in [-0.15, -0.1) is 13.2 Å². The molecule has 3 heterocycles. The Labute approximate surface area is 209 Å². The predicted molar refractivity (Wildman–Crippen MR) is 132 cm³/mol. The van der Waals surface area contributed by atoms with Gasteiger partial charge in [0.25, 0.3) is 0 Å². The van der Waals surface area contributed by atoms with Crippen molar-refractivity contribution in [3.05, 3.63) is 25.3 Å². The summed E-state index contributed by atoms with van der Waals surface area (Å²) in [4.78, 5) is 44.3. The van der Waals surface area contributed by atoms with E-state index in [4.69, 9.17) is 9.47 Å². The number of aliphatic hydroxyl groups excluding tert-OH is 1. The van der Waals surface area contributed by atoms with Crippen LogP contribution in [0.15, 0.2) is 25.3 Å². The second-order valence-electron chi connectivity index (χ2n) is 9.92. The second-order valence-corrected chi connectivity index (χ2v) is 9.92. The van der Waals surface area contributed by atoms with Crippen molar-refractivity contribution in [2.45, 2.75) is 89.0 Å². The van der Waals surface area contributed by atoms with E-state index in [9.17, 15) is 19.5 Å². The van der Waals surface area contributed by atoms with Gasteiger partial charge in [0.2, 0.25) is 11.8 Å². The highest BCUT2D eigenvalue weighted by molar-refractivity contribution is 5.98. The van der Waals surface area contributed by atoms with E-state index in [1.54, 1.807) is 11.0 Å².